The lowest BCUT2D eigenvalue weighted by Crippen LogP contribution is -2.29. The Morgan fingerprint density at radius 2 is 1.87 bits per heavy atom. The number of amides is 1. The van der Waals surface area contributed by atoms with Gasteiger partial charge in [0.15, 0.2) is 16.7 Å². The first kappa shape index (κ1) is 22.0. The van der Waals surface area contributed by atoms with Crippen molar-refractivity contribution >= 4 is 34.6 Å². The van der Waals surface area contributed by atoms with Crippen LogP contribution in [-0.2, 0) is 4.79 Å². The van der Waals surface area contributed by atoms with E-state index in [1.54, 1.807) is 12.0 Å². The van der Waals surface area contributed by atoms with Crippen LogP contribution in [0.15, 0.2) is 58.4 Å². The molecule has 0 radical (unpaired) electrons. The van der Waals surface area contributed by atoms with Gasteiger partial charge in [-0.2, -0.15) is 0 Å². The Balaban J connectivity index is 1.85. The zero-order valence-corrected chi connectivity index (χ0v) is 18.6. The quantitative estimate of drug-likeness (QED) is 0.372. The molecule has 1 fully saturated rings. The van der Waals surface area contributed by atoms with E-state index in [9.17, 15) is 4.79 Å². The molecule has 0 aromatic heterocycles. The van der Waals surface area contributed by atoms with Gasteiger partial charge in [-0.25, -0.2) is 4.99 Å². The molecule has 1 amide bonds. The standard InChI is InChI=1S/C24H28N2O3S/c1-4-6-15-29-20-13-12-18(16-21(20)28-3)17-22-23(27)26(14-5-2)24(30-22)25-19-10-8-7-9-11-19/h7-13,16-17H,4-6,14-15H2,1-3H3/b22-17-,25-24?. The zero-order chi connectivity index (χ0) is 21.3. The van der Waals surface area contributed by atoms with Gasteiger partial charge in [-0.15, -0.1) is 0 Å². The molecule has 1 heterocycles. The van der Waals surface area contributed by atoms with Crippen molar-refractivity contribution in [3.05, 3.63) is 59.0 Å². The summed E-state index contributed by atoms with van der Waals surface area (Å²) in [7, 11) is 1.63. The molecule has 30 heavy (non-hydrogen) atoms. The first-order chi connectivity index (χ1) is 14.7. The number of amidine groups is 1. The molecular weight excluding hydrogens is 396 g/mol. The normalized spacial score (nSPS) is 16.5. The van der Waals surface area contributed by atoms with Gasteiger partial charge in [-0.05, 0) is 60.5 Å². The minimum atomic E-state index is -0.0150. The Bertz CT molecular complexity index is 925. The average Bonchev–Trinajstić information content (AvgIpc) is 3.04. The number of carbonyl (C=O) groups is 1. The van der Waals surface area contributed by atoms with Crippen molar-refractivity contribution in [3.63, 3.8) is 0 Å². The van der Waals surface area contributed by atoms with Crippen molar-refractivity contribution in [2.24, 2.45) is 4.99 Å². The van der Waals surface area contributed by atoms with Crippen molar-refractivity contribution in [1.82, 2.24) is 4.90 Å². The van der Waals surface area contributed by atoms with Crippen molar-refractivity contribution in [3.8, 4) is 11.5 Å². The minimum absolute atomic E-state index is 0.0150. The number of ether oxygens (including phenoxy) is 2. The lowest BCUT2D eigenvalue weighted by molar-refractivity contribution is -0.122. The molecule has 0 atom stereocenters. The van der Waals surface area contributed by atoms with Crippen LogP contribution in [0.4, 0.5) is 5.69 Å². The van der Waals surface area contributed by atoms with Gasteiger partial charge in [0.1, 0.15) is 0 Å². The summed E-state index contributed by atoms with van der Waals surface area (Å²) in [5, 5.41) is 0.714. The number of thioether (sulfide) groups is 1. The number of hydrogen-bond donors (Lipinski definition) is 0. The fourth-order valence-corrected chi connectivity index (χ4v) is 4.02. The summed E-state index contributed by atoms with van der Waals surface area (Å²) in [4.78, 5) is 20.1. The molecule has 5 nitrogen and oxygen atoms in total. The molecule has 0 N–H and O–H groups in total. The number of benzene rings is 2. The van der Waals surface area contributed by atoms with E-state index in [-0.39, 0.29) is 5.91 Å². The summed E-state index contributed by atoms with van der Waals surface area (Å²) in [6, 6.07) is 15.5. The molecule has 3 rings (SSSR count). The number of hydrogen-bond acceptors (Lipinski definition) is 5. The Morgan fingerprint density at radius 3 is 2.57 bits per heavy atom. The lowest BCUT2D eigenvalue weighted by atomic mass is 10.2. The van der Waals surface area contributed by atoms with Crippen LogP contribution < -0.4 is 9.47 Å². The summed E-state index contributed by atoms with van der Waals surface area (Å²) < 4.78 is 11.3. The fraction of sp³-hybridized carbons (Fsp3) is 0.333. The number of aliphatic imine (C=N–C) groups is 1. The molecule has 0 spiro atoms. The molecule has 1 saturated heterocycles. The van der Waals surface area contributed by atoms with E-state index in [1.807, 2.05) is 54.6 Å². The summed E-state index contributed by atoms with van der Waals surface area (Å²) in [5.74, 6) is 1.37. The van der Waals surface area contributed by atoms with E-state index in [0.717, 1.165) is 36.3 Å². The zero-order valence-electron chi connectivity index (χ0n) is 17.8. The van der Waals surface area contributed by atoms with Crippen LogP contribution in [0.1, 0.15) is 38.7 Å². The predicted octanol–water partition coefficient (Wildman–Crippen LogP) is 5.89. The van der Waals surface area contributed by atoms with Crippen LogP contribution >= 0.6 is 11.8 Å². The molecule has 0 bridgehead atoms. The van der Waals surface area contributed by atoms with Crippen LogP contribution in [0.3, 0.4) is 0 Å². The topological polar surface area (TPSA) is 51.1 Å². The molecule has 1 aliphatic rings. The Hall–Kier alpha value is -2.73. The second-order valence-corrected chi connectivity index (χ2v) is 7.92. The molecule has 1 aliphatic heterocycles. The van der Waals surface area contributed by atoms with Crippen molar-refractivity contribution < 1.29 is 14.3 Å². The van der Waals surface area contributed by atoms with Gasteiger partial charge in [0.25, 0.3) is 5.91 Å². The van der Waals surface area contributed by atoms with Gasteiger partial charge in [0, 0.05) is 6.54 Å². The van der Waals surface area contributed by atoms with Gasteiger partial charge in [0.05, 0.1) is 24.3 Å². The monoisotopic (exact) mass is 424 g/mol. The SMILES string of the molecule is CCCCOc1ccc(/C=C2\SC(=Nc3ccccc3)N(CCC)C2=O)cc1OC. The van der Waals surface area contributed by atoms with Crippen molar-refractivity contribution in [2.75, 3.05) is 20.3 Å². The number of methoxy groups -OCH3 is 1. The number of unbranched alkanes of at least 4 members (excludes halogenated alkanes) is 1. The summed E-state index contributed by atoms with van der Waals surface area (Å²) in [6.07, 6.45) is 4.83. The van der Waals surface area contributed by atoms with E-state index in [2.05, 4.69) is 18.8 Å². The Kier molecular flexibility index (Phi) is 7.97. The first-order valence-electron chi connectivity index (χ1n) is 10.3. The second kappa shape index (κ2) is 10.9. The highest BCUT2D eigenvalue weighted by atomic mass is 32.2. The summed E-state index contributed by atoms with van der Waals surface area (Å²) in [5.41, 5.74) is 1.73. The third-order valence-corrected chi connectivity index (χ3v) is 5.56. The smallest absolute Gasteiger partial charge is 0.266 e. The molecule has 0 saturated carbocycles. The van der Waals surface area contributed by atoms with Crippen LogP contribution in [0.5, 0.6) is 11.5 Å². The number of rotatable bonds is 9. The maximum Gasteiger partial charge on any atom is 0.266 e. The maximum absolute atomic E-state index is 13.0. The van der Waals surface area contributed by atoms with Gasteiger partial charge in [0.2, 0.25) is 0 Å². The van der Waals surface area contributed by atoms with Crippen LogP contribution in [0.25, 0.3) is 6.08 Å². The summed E-state index contributed by atoms with van der Waals surface area (Å²) >= 11 is 1.41. The maximum atomic E-state index is 13.0. The van der Waals surface area contributed by atoms with Gasteiger partial charge < -0.3 is 9.47 Å². The second-order valence-electron chi connectivity index (χ2n) is 6.91. The molecule has 6 heteroatoms. The number of para-hydroxylation sites is 1. The van der Waals surface area contributed by atoms with Gasteiger partial charge in [-0.3, -0.25) is 9.69 Å². The molecule has 0 aliphatic carbocycles. The van der Waals surface area contributed by atoms with E-state index >= 15 is 0 Å². The van der Waals surface area contributed by atoms with Crippen LogP contribution in [0, 0.1) is 0 Å². The Labute approximate surface area is 182 Å². The fourth-order valence-electron chi connectivity index (χ4n) is 3.00. The molecule has 2 aromatic carbocycles. The van der Waals surface area contributed by atoms with Crippen LogP contribution in [0.2, 0.25) is 0 Å². The van der Waals surface area contributed by atoms with E-state index in [4.69, 9.17) is 9.47 Å². The highest BCUT2D eigenvalue weighted by Crippen LogP contribution is 2.36. The van der Waals surface area contributed by atoms with E-state index < -0.39 is 0 Å². The highest BCUT2D eigenvalue weighted by molar-refractivity contribution is 8.18. The number of nitrogens with zero attached hydrogens (tertiary/aromatic N) is 2. The van der Waals surface area contributed by atoms with E-state index in [1.165, 1.54) is 11.8 Å². The predicted molar refractivity (Wildman–Crippen MR) is 125 cm³/mol. The first-order valence-corrected chi connectivity index (χ1v) is 11.1. The number of carbonyl (C=O) groups excluding carboxylic acids is 1. The Morgan fingerprint density at radius 1 is 1.07 bits per heavy atom. The summed E-state index contributed by atoms with van der Waals surface area (Å²) in [6.45, 7) is 5.49. The highest BCUT2D eigenvalue weighted by Gasteiger charge is 2.32. The molecular formula is C24H28N2O3S. The largest absolute Gasteiger partial charge is 0.493 e. The minimum Gasteiger partial charge on any atom is -0.493 e. The average molecular weight is 425 g/mol. The van der Waals surface area contributed by atoms with Crippen molar-refractivity contribution in [2.45, 2.75) is 33.1 Å². The molecule has 2 aromatic rings. The third kappa shape index (κ3) is 5.45. The van der Waals surface area contributed by atoms with Crippen molar-refractivity contribution in [1.29, 1.82) is 0 Å². The molecule has 158 valence electrons. The van der Waals surface area contributed by atoms with E-state index in [0.29, 0.717) is 29.0 Å². The van der Waals surface area contributed by atoms with Gasteiger partial charge >= 0.3 is 0 Å². The molecule has 0 unspecified atom stereocenters. The third-order valence-electron chi connectivity index (χ3n) is 4.56. The van der Waals surface area contributed by atoms with Gasteiger partial charge in [-0.1, -0.05) is 44.5 Å². The van der Waals surface area contributed by atoms with Crippen LogP contribution in [-0.4, -0.2) is 36.2 Å². The lowest BCUT2D eigenvalue weighted by Gasteiger charge is -2.13.